The predicted octanol–water partition coefficient (Wildman–Crippen LogP) is 3.18. The number of anilines is 2. The van der Waals surface area contributed by atoms with Crippen molar-refractivity contribution < 1.29 is 9.90 Å². The number of rotatable bonds is 4. The molecule has 0 aliphatic rings. The Bertz CT molecular complexity index is 1110. The molecule has 0 fully saturated rings. The second-order valence-corrected chi connectivity index (χ2v) is 6.86. The zero-order valence-electron chi connectivity index (χ0n) is 14.2. The first-order chi connectivity index (χ1) is 12.5. The number of nitrogens with one attached hydrogen (secondary N) is 1. The summed E-state index contributed by atoms with van der Waals surface area (Å²) in [4.78, 5) is 20.1. The van der Waals surface area contributed by atoms with Crippen LogP contribution in [0.25, 0.3) is 17.0 Å². The van der Waals surface area contributed by atoms with Gasteiger partial charge in [-0.25, -0.2) is 9.97 Å². The Hall–Kier alpha value is -3.19. The van der Waals surface area contributed by atoms with Gasteiger partial charge in [0.2, 0.25) is 0 Å². The fourth-order valence-corrected chi connectivity index (χ4v) is 3.54. The Morgan fingerprint density at radius 2 is 1.92 bits per heavy atom. The van der Waals surface area contributed by atoms with Gasteiger partial charge in [0.05, 0.1) is 17.4 Å². The van der Waals surface area contributed by atoms with Crippen molar-refractivity contribution >= 4 is 33.8 Å². The molecule has 0 unspecified atom stereocenters. The Morgan fingerprint density at radius 1 is 1.15 bits per heavy atom. The first-order valence-electron chi connectivity index (χ1n) is 8.01. The Kier molecular flexibility index (Phi) is 3.93. The SMILES string of the molecule is Cc1ccn2c(-c3csc(Nc4ccc(C(=O)[O-])cc4)n3)c(C)nc2c1. The molecule has 1 N–H and O–H groups in total. The molecule has 3 heterocycles. The van der Waals surface area contributed by atoms with E-state index in [-0.39, 0.29) is 5.56 Å². The summed E-state index contributed by atoms with van der Waals surface area (Å²) in [6, 6.07) is 10.5. The van der Waals surface area contributed by atoms with E-state index in [1.807, 2.05) is 42.0 Å². The molecule has 1 aromatic carbocycles. The van der Waals surface area contributed by atoms with Crippen LogP contribution in [-0.2, 0) is 0 Å². The van der Waals surface area contributed by atoms with Crippen molar-refractivity contribution in [1.82, 2.24) is 14.4 Å². The number of imidazole rings is 1. The number of aromatic carboxylic acids is 1. The minimum Gasteiger partial charge on any atom is -0.545 e. The van der Waals surface area contributed by atoms with Crippen LogP contribution in [0, 0.1) is 13.8 Å². The maximum Gasteiger partial charge on any atom is 0.187 e. The van der Waals surface area contributed by atoms with Gasteiger partial charge in [0, 0.05) is 17.3 Å². The summed E-state index contributed by atoms with van der Waals surface area (Å²) in [6.45, 7) is 4.02. The molecule has 26 heavy (non-hydrogen) atoms. The van der Waals surface area contributed by atoms with Crippen molar-refractivity contribution in [2.24, 2.45) is 0 Å². The lowest BCUT2D eigenvalue weighted by Crippen LogP contribution is -2.21. The number of hydrogen-bond donors (Lipinski definition) is 1. The third kappa shape index (κ3) is 2.93. The Balaban J connectivity index is 1.64. The first-order valence-corrected chi connectivity index (χ1v) is 8.89. The van der Waals surface area contributed by atoms with Gasteiger partial charge < -0.3 is 15.2 Å². The third-order valence-electron chi connectivity index (χ3n) is 4.07. The molecule has 0 saturated carbocycles. The highest BCUT2D eigenvalue weighted by atomic mass is 32.1. The molecule has 6 nitrogen and oxygen atoms in total. The predicted molar refractivity (Wildman–Crippen MR) is 99.8 cm³/mol. The number of fused-ring (bicyclic) bond motifs is 1. The topological polar surface area (TPSA) is 82.3 Å². The third-order valence-corrected chi connectivity index (χ3v) is 4.83. The van der Waals surface area contributed by atoms with Crippen molar-refractivity contribution in [2.75, 3.05) is 5.32 Å². The van der Waals surface area contributed by atoms with Gasteiger partial charge in [-0.2, -0.15) is 0 Å². The standard InChI is InChI=1S/C19H16N4O2S/c1-11-7-8-23-16(9-11)20-12(2)17(23)15-10-26-19(22-15)21-14-5-3-13(4-6-14)18(24)25/h3-10H,1-2H3,(H,21,22)(H,24,25)/p-1. The van der Waals surface area contributed by atoms with Crippen LogP contribution >= 0.6 is 11.3 Å². The maximum atomic E-state index is 10.8. The van der Waals surface area contributed by atoms with Gasteiger partial charge in [-0.15, -0.1) is 11.3 Å². The van der Waals surface area contributed by atoms with Crippen molar-refractivity contribution in [1.29, 1.82) is 0 Å². The van der Waals surface area contributed by atoms with E-state index >= 15 is 0 Å². The average molecular weight is 363 g/mol. The number of benzene rings is 1. The summed E-state index contributed by atoms with van der Waals surface area (Å²) in [6.07, 6.45) is 2.01. The minimum absolute atomic E-state index is 0.145. The molecule has 3 aromatic heterocycles. The van der Waals surface area contributed by atoms with E-state index in [2.05, 4.69) is 15.3 Å². The summed E-state index contributed by atoms with van der Waals surface area (Å²) in [5, 5.41) is 16.7. The van der Waals surface area contributed by atoms with Gasteiger partial charge in [-0.05, 0) is 49.2 Å². The van der Waals surface area contributed by atoms with Gasteiger partial charge in [0.25, 0.3) is 0 Å². The van der Waals surface area contributed by atoms with Crippen LogP contribution in [0.5, 0.6) is 0 Å². The molecule has 0 aliphatic carbocycles. The van der Waals surface area contributed by atoms with E-state index in [4.69, 9.17) is 0 Å². The van der Waals surface area contributed by atoms with Crippen LogP contribution in [0.15, 0.2) is 48.0 Å². The molecule has 0 spiro atoms. The fraction of sp³-hybridized carbons (Fsp3) is 0.105. The molecule has 0 bridgehead atoms. The number of carbonyl (C=O) groups excluding carboxylic acids is 1. The quantitative estimate of drug-likeness (QED) is 0.602. The maximum absolute atomic E-state index is 10.8. The van der Waals surface area contributed by atoms with Gasteiger partial charge in [-0.1, -0.05) is 12.1 Å². The van der Waals surface area contributed by atoms with E-state index < -0.39 is 5.97 Å². The number of carboxylic acid groups (broad SMARTS) is 1. The second-order valence-electron chi connectivity index (χ2n) is 6.01. The van der Waals surface area contributed by atoms with Crippen LogP contribution in [0.3, 0.4) is 0 Å². The molecule has 4 aromatic rings. The lowest BCUT2D eigenvalue weighted by atomic mass is 10.2. The Labute approximate surface area is 153 Å². The number of carbonyl (C=O) groups is 1. The van der Waals surface area contributed by atoms with Gasteiger partial charge in [0.15, 0.2) is 5.13 Å². The molecule has 0 aliphatic heterocycles. The highest BCUT2D eigenvalue weighted by Crippen LogP contribution is 2.30. The zero-order valence-corrected chi connectivity index (χ0v) is 15.0. The molecular weight excluding hydrogens is 348 g/mol. The molecule has 0 amide bonds. The van der Waals surface area contributed by atoms with Gasteiger partial charge >= 0.3 is 0 Å². The van der Waals surface area contributed by atoms with Crippen LogP contribution < -0.4 is 10.4 Å². The second kappa shape index (κ2) is 6.27. The number of thiazole rings is 1. The number of aromatic nitrogens is 3. The number of hydrogen-bond acceptors (Lipinski definition) is 6. The van der Waals surface area contributed by atoms with Crippen molar-refractivity contribution in [3.8, 4) is 11.4 Å². The molecule has 0 atom stereocenters. The average Bonchev–Trinajstić information content (AvgIpc) is 3.18. The Morgan fingerprint density at radius 3 is 2.65 bits per heavy atom. The summed E-state index contributed by atoms with van der Waals surface area (Å²) in [5.41, 5.74) is 5.71. The smallest absolute Gasteiger partial charge is 0.187 e. The minimum atomic E-state index is -1.19. The summed E-state index contributed by atoms with van der Waals surface area (Å²) in [7, 11) is 0. The highest BCUT2D eigenvalue weighted by Gasteiger charge is 2.14. The normalized spacial score (nSPS) is 11.0. The van der Waals surface area contributed by atoms with Gasteiger partial charge in [-0.3, -0.25) is 4.40 Å². The van der Waals surface area contributed by atoms with E-state index in [0.717, 1.165) is 39.1 Å². The molecule has 0 radical (unpaired) electrons. The van der Waals surface area contributed by atoms with E-state index in [0.29, 0.717) is 0 Å². The molecule has 130 valence electrons. The molecule has 0 saturated heterocycles. The monoisotopic (exact) mass is 363 g/mol. The lowest BCUT2D eigenvalue weighted by Gasteiger charge is -2.05. The summed E-state index contributed by atoms with van der Waals surface area (Å²) in [5.74, 6) is -1.19. The van der Waals surface area contributed by atoms with Crippen molar-refractivity contribution in [2.45, 2.75) is 13.8 Å². The zero-order chi connectivity index (χ0) is 18.3. The van der Waals surface area contributed by atoms with E-state index in [1.54, 1.807) is 12.1 Å². The van der Waals surface area contributed by atoms with Gasteiger partial charge in [0.1, 0.15) is 11.3 Å². The van der Waals surface area contributed by atoms with Crippen LogP contribution in [-0.4, -0.2) is 20.3 Å². The number of aryl methyl sites for hydroxylation is 2. The van der Waals surface area contributed by atoms with Crippen LogP contribution in [0.1, 0.15) is 21.6 Å². The lowest BCUT2D eigenvalue weighted by molar-refractivity contribution is -0.255. The number of pyridine rings is 1. The fourth-order valence-electron chi connectivity index (χ4n) is 2.83. The number of carboxylic acids is 1. The molecular formula is C19H15N4O2S-. The van der Waals surface area contributed by atoms with Crippen molar-refractivity contribution in [3.63, 3.8) is 0 Å². The number of nitrogens with zero attached hydrogens (tertiary/aromatic N) is 3. The van der Waals surface area contributed by atoms with E-state index in [1.165, 1.54) is 23.5 Å². The van der Waals surface area contributed by atoms with Crippen molar-refractivity contribution in [3.05, 3.63) is 64.8 Å². The molecule has 4 rings (SSSR count). The summed E-state index contributed by atoms with van der Waals surface area (Å²) < 4.78 is 2.04. The van der Waals surface area contributed by atoms with E-state index in [9.17, 15) is 9.90 Å². The van der Waals surface area contributed by atoms with Crippen LogP contribution in [0.4, 0.5) is 10.8 Å². The highest BCUT2D eigenvalue weighted by molar-refractivity contribution is 7.14. The first kappa shape index (κ1) is 16.3. The van der Waals surface area contributed by atoms with Crippen LogP contribution in [0.2, 0.25) is 0 Å². The summed E-state index contributed by atoms with van der Waals surface area (Å²) >= 11 is 1.48. The molecule has 7 heteroatoms. The largest absolute Gasteiger partial charge is 0.545 e.